The van der Waals surface area contributed by atoms with Crippen molar-refractivity contribution in [3.63, 3.8) is 0 Å². The Hall–Kier alpha value is -2.61. The van der Waals surface area contributed by atoms with Crippen molar-refractivity contribution >= 4 is 33.4 Å². The molecule has 3 N–H and O–H groups in total. The average Bonchev–Trinajstić information content (AvgIpc) is 3.05. The van der Waals surface area contributed by atoms with Gasteiger partial charge in [0.25, 0.3) is 0 Å². The molecular formula is C24H24F2N4S. The van der Waals surface area contributed by atoms with E-state index >= 15 is 0 Å². The van der Waals surface area contributed by atoms with Gasteiger partial charge >= 0.3 is 0 Å². The Balaban J connectivity index is 1.50. The predicted octanol–water partition coefficient (Wildman–Crippen LogP) is 5.08. The van der Waals surface area contributed by atoms with Gasteiger partial charge in [-0.05, 0) is 55.7 Å². The summed E-state index contributed by atoms with van der Waals surface area (Å²) in [5, 5.41) is 11.7. The summed E-state index contributed by atoms with van der Waals surface area (Å²) in [5.74, 6) is -0.512. The maximum Gasteiger partial charge on any atom is 0.125 e. The van der Waals surface area contributed by atoms with E-state index in [4.69, 9.17) is 4.99 Å². The third-order valence-corrected chi connectivity index (χ3v) is 6.77. The van der Waals surface area contributed by atoms with Crippen molar-refractivity contribution in [2.45, 2.75) is 31.8 Å². The number of thiophene rings is 1. The monoisotopic (exact) mass is 438 g/mol. The van der Waals surface area contributed by atoms with Gasteiger partial charge in [-0.1, -0.05) is 12.1 Å². The van der Waals surface area contributed by atoms with Crippen molar-refractivity contribution in [3.8, 4) is 0 Å². The van der Waals surface area contributed by atoms with Gasteiger partial charge in [0.05, 0.1) is 23.1 Å². The van der Waals surface area contributed by atoms with Crippen LogP contribution in [-0.2, 0) is 6.42 Å². The van der Waals surface area contributed by atoms with Crippen molar-refractivity contribution in [2.24, 2.45) is 4.99 Å². The normalized spacial score (nSPS) is 20.3. The number of piperazine rings is 1. The first kappa shape index (κ1) is 20.3. The summed E-state index contributed by atoms with van der Waals surface area (Å²) in [6.45, 7) is 3.76. The standard InChI is InChI=1S/C24H24F2N4S/c1-14-11-18-22(29-21-13-17(26)6-8-19(21)30-24(18)31-14)23-20(27-9-10-28-23)7-5-15-3-2-4-16(25)12-15/h2-4,6,8,11-13,20,23,27-28,30H,5,7,9-10H2,1H3. The summed E-state index contributed by atoms with van der Waals surface area (Å²) in [6, 6.07) is 13.7. The minimum atomic E-state index is -0.303. The van der Waals surface area contributed by atoms with E-state index in [0.29, 0.717) is 5.69 Å². The molecule has 0 saturated carbocycles. The molecule has 0 aliphatic carbocycles. The molecule has 1 fully saturated rings. The Labute approximate surface area is 184 Å². The molecule has 4 nitrogen and oxygen atoms in total. The van der Waals surface area contributed by atoms with E-state index in [1.165, 1.54) is 23.1 Å². The van der Waals surface area contributed by atoms with Crippen LogP contribution in [0.15, 0.2) is 53.5 Å². The molecule has 3 heterocycles. The van der Waals surface area contributed by atoms with E-state index < -0.39 is 0 Å². The minimum Gasteiger partial charge on any atom is -0.345 e. The number of benzene rings is 2. The number of rotatable bonds is 4. The molecular weight excluding hydrogens is 414 g/mol. The van der Waals surface area contributed by atoms with Crippen LogP contribution in [-0.4, -0.2) is 30.9 Å². The molecule has 2 atom stereocenters. The highest BCUT2D eigenvalue weighted by Gasteiger charge is 2.32. The molecule has 0 spiro atoms. The van der Waals surface area contributed by atoms with Gasteiger partial charge in [0, 0.05) is 35.6 Å². The summed E-state index contributed by atoms with van der Waals surface area (Å²) in [5.41, 5.74) is 4.35. The number of halogens is 2. The summed E-state index contributed by atoms with van der Waals surface area (Å²) in [7, 11) is 0. The zero-order valence-electron chi connectivity index (χ0n) is 17.2. The third-order valence-electron chi connectivity index (χ3n) is 5.81. The zero-order chi connectivity index (χ0) is 21.4. The van der Waals surface area contributed by atoms with Crippen LogP contribution in [0.3, 0.4) is 0 Å². The van der Waals surface area contributed by atoms with Gasteiger partial charge in [0.15, 0.2) is 0 Å². The van der Waals surface area contributed by atoms with Crippen molar-refractivity contribution in [1.29, 1.82) is 0 Å². The Morgan fingerprint density at radius 2 is 1.87 bits per heavy atom. The number of aliphatic imine (C=N–C) groups is 1. The van der Waals surface area contributed by atoms with Gasteiger partial charge in [-0.25, -0.2) is 13.8 Å². The van der Waals surface area contributed by atoms with Crippen LogP contribution in [0, 0.1) is 18.6 Å². The summed E-state index contributed by atoms with van der Waals surface area (Å²) in [6.07, 6.45) is 1.60. The second-order valence-electron chi connectivity index (χ2n) is 8.04. The number of nitrogens with zero attached hydrogens (tertiary/aromatic N) is 1. The lowest BCUT2D eigenvalue weighted by molar-refractivity contribution is 0.360. The predicted molar refractivity (Wildman–Crippen MR) is 123 cm³/mol. The second-order valence-corrected chi connectivity index (χ2v) is 9.30. The van der Waals surface area contributed by atoms with Crippen LogP contribution in [0.2, 0.25) is 0 Å². The molecule has 0 bridgehead atoms. The first-order valence-electron chi connectivity index (χ1n) is 10.5. The van der Waals surface area contributed by atoms with Crippen LogP contribution < -0.4 is 16.0 Å². The van der Waals surface area contributed by atoms with E-state index in [2.05, 4.69) is 28.9 Å². The smallest absolute Gasteiger partial charge is 0.125 e. The first-order chi connectivity index (χ1) is 15.1. The lowest BCUT2D eigenvalue weighted by Crippen LogP contribution is -2.59. The molecule has 2 aliphatic heterocycles. The Kier molecular flexibility index (Phi) is 5.56. The van der Waals surface area contributed by atoms with Gasteiger partial charge in [-0.15, -0.1) is 11.3 Å². The minimum absolute atomic E-state index is 0.0360. The van der Waals surface area contributed by atoms with Crippen LogP contribution in [0.4, 0.5) is 25.2 Å². The largest absolute Gasteiger partial charge is 0.345 e. The second kappa shape index (κ2) is 8.49. The van der Waals surface area contributed by atoms with E-state index in [9.17, 15) is 8.78 Å². The Morgan fingerprint density at radius 1 is 1.03 bits per heavy atom. The zero-order valence-corrected chi connectivity index (χ0v) is 18.0. The van der Waals surface area contributed by atoms with Gasteiger partial charge in [-0.2, -0.15) is 0 Å². The number of fused-ring (bicyclic) bond motifs is 2. The maximum absolute atomic E-state index is 14.0. The van der Waals surface area contributed by atoms with Crippen LogP contribution in [0.5, 0.6) is 0 Å². The Bertz CT molecular complexity index is 1140. The van der Waals surface area contributed by atoms with Gasteiger partial charge in [0.1, 0.15) is 16.6 Å². The molecule has 160 valence electrons. The number of hydrogen-bond acceptors (Lipinski definition) is 5. The average molecular weight is 439 g/mol. The molecule has 31 heavy (non-hydrogen) atoms. The first-order valence-corrected chi connectivity index (χ1v) is 11.4. The molecule has 1 aromatic heterocycles. The topological polar surface area (TPSA) is 48.5 Å². The molecule has 0 radical (unpaired) electrons. The summed E-state index contributed by atoms with van der Waals surface area (Å²) < 4.78 is 27.6. The number of anilines is 2. The molecule has 3 aromatic rings. The fraction of sp³-hybridized carbons (Fsp3) is 0.292. The van der Waals surface area contributed by atoms with Gasteiger partial charge < -0.3 is 16.0 Å². The highest BCUT2D eigenvalue weighted by atomic mass is 32.1. The number of aryl methyl sites for hydroxylation is 2. The molecule has 7 heteroatoms. The fourth-order valence-electron chi connectivity index (χ4n) is 4.37. The van der Waals surface area contributed by atoms with Crippen molar-refractivity contribution in [1.82, 2.24) is 10.6 Å². The number of hydrogen-bond donors (Lipinski definition) is 3. The third kappa shape index (κ3) is 4.26. The van der Waals surface area contributed by atoms with Crippen molar-refractivity contribution in [2.75, 3.05) is 18.4 Å². The van der Waals surface area contributed by atoms with Crippen LogP contribution in [0.25, 0.3) is 0 Å². The fourth-order valence-corrected chi connectivity index (χ4v) is 5.30. The van der Waals surface area contributed by atoms with Crippen LogP contribution >= 0.6 is 11.3 Å². The molecule has 2 aliphatic rings. The van der Waals surface area contributed by atoms with E-state index in [-0.39, 0.29) is 23.7 Å². The van der Waals surface area contributed by atoms with E-state index in [0.717, 1.165) is 53.5 Å². The lowest BCUT2D eigenvalue weighted by Gasteiger charge is -2.34. The molecule has 5 rings (SSSR count). The van der Waals surface area contributed by atoms with Gasteiger partial charge in [-0.3, -0.25) is 0 Å². The van der Waals surface area contributed by atoms with Gasteiger partial charge in [0.2, 0.25) is 0 Å². The molecule has 1 saturated heterocycles. The summed E-state index contributed by atoms with van der Waals surface area (Å²) >= 11 is 1.68. The maximum atomic E-state index is 14.0. The molecule has 2 aromatic carbocycles. The lowest BCUT2D eigenvalue weighted by atomic mass is 9.91. The van der Waals surface area contributed by atoms with Crippen molar-refractivity contribution < 1.29 is 8.78 Å². The highest BCUT2D eigenvalue weighted by Crippen LogP contribution is 2.40. The van der Waals surface area contributed by atoms with Crippen molar-refractivity contribution in [3.05, 3.63) is 76.2 Å². The highest BCUT2D eigenvalue weighted by molar-refractivity contribution is 7.16. The Morgan fingerprint density at radius 3 is 2.74 bits per heavy atom. The quantitative estimate of drug-likeness (QED) is 0.533. The number of nitrogens with one attached hydrogen (secondary N) is 3. The van der Waals surface area contributed by atoms with E-state index in [1.807, 2.05) is 6.07 Å². The molecule has 2 unspecified atom stereocenters. The van der Waals surface area contributed by atoms with E-state index in [1.54, 1.807) is 29.5 Å². The molecule has 0 amide bonds. The van der Waals surface area contributed by atoms with Crippen LogP contribution in [0.1, 0.15) is 22.4 Å². The summed E-state index contributed by atoms with van der Waals surface area (Å²) in [4.78, 5) is 6.15. The SMILES string of the molecule is Cc1cc2c(s1)Nc1ccc(F)cc1N=C2C1NCCNC1CCc1cccc(F)c1.